The van der Waals surface area contributed by atoms with Crippen molar-refractivity contribution in [1.29, 1.82) is 0 Å². The second-order valence-electron chi connectivity index (χ2n) is 6.35. The van der Waals surface area contributed by atoms with E-state index in [1.165, 1.54) is 19.2 Å². The van der Waals surface area contributed by atoms with Gasteiger partial charge in [-0.05, 0) is 48.2 Å². The molecule has 0 aliphatic carbocycles. The summed E-state index contributed by atoms with van der Waals surface area (Å²) in [6, 6.07) is 10.1. The molecule has 0 saturated carbocycles. The number of rotatable bonds is 7. The van der Waals surface area contributed by atoms with Crippen LogP contribution in [0, 0.1) is 5.82 Å². The second-order valence-corrected chi connectivity index (χ2v) is 6.35. The molecule has 136 valence electrons. The topological polar surface area (TPSA) is 67.4 Å². The fourth-order valence-electron chi connectivity index (χ4n) is 3.06. The number of carbonyl (C=O) groups excluding carboxylic acids is 2. The number of halogens is 1. The van der Waals surface area contributed by atoms with Crippen molar-refractivity contribution >= 4 is 23.2 Å². The first kappa shape index (κ1) is 18.1. The molecule has 1 aliphatic rings. The summed E-state index contributed by atoms with van der Waals surface area (Å²) in [6.45, 7) is 0.231. The minimum atomic E-state index is -0.361. The highest BCUT2D eigenvalue weighted by Crippen LogP contribution is 2.24. The van der Waals surface area contributed by atoms with Crippen LogP contribution in [0.1, 0.15) is 29.5 Å². The highest BCUT2D eigenvalue weighted by molar-refractivity contribution is 5.99. The van der Waals surface area contributed by atoms with Crippen molar-refractivity contribution in [2.45, 2.75) is 32.3 Å². The van der Waals surface area contributed by atoms with Crippen molar-refractivity contribution in [2.75, 3.05) is 17.7 Å². The fourth-order valence-corrected chi connectivity index (χ4v) is 3.06. The molecule has 0 saturated heterocycles. The molecule has 0 bridgehead atoms. The Hall–Kier alpha value is -2.73. The fraction of sp³-hybridized carbons (Fsp3) is 0.300. The third-order valence-electron chi connectivity index (χ3n) is 4.31. The van der Waals surface area contributed by atoms with Crippen molar-refractivity contribution in [3.8, 4) is 0 Å². The van der Waals surface area contributed by atoms with Gasteiger partial charge in [0.1, 0.15) is 5.82 Å². The van der Waals surface area contributed by atoms with E-state index in [0.29, 0.717) is 30.5 Å². The van der Waals surface area contributed by atoms with Gasteiger partial charge >= 0.3 is 0 Å². The van der Waals surface area contributed by atoms with E-state index in [0.717, 1.165) is 23.2 Å². The zero-order valence-electron chi connectivity index (χ0n) is 14.6. The normalized spacial score (nSPS) is 12.6. The van der Waals surface area contributed by atoms with E-state index in [4.69, 9.17) is 4.74 Å². The van der Waals surface area contributed by atoms with Gasteiger partial charge in [-0.1, -0.05) is 12.1 Å². The molecule has 0 atom stereocenters. The standard InChI is InChI=1S/C20H21FN2O3/c1-26-12-15-10-16(21)6-8-18(15)22-19(24)4-2-3-13-5-7-17-14(9-13)11-20(25)23-17/h5-10H,2-4,11-12H2,1H3,(H,22,24)(H,23,25). The quantitative estimate of drug-likeness (QED) is 0.799. The number of aryl methyl sites for hydroxylation is 1. The van der Waals surface area contributed by atoms with Gasteiger partial charge in [-0.3, -0.25) is 9.59 Å². The van der Waals surface area contributed by atoms with Gasteiger partial charge in [0.2, 0.25) is 11.8 Å². The van der Waals surface area contributed by atoms with Crippen LogP contribution in [0.5, 0.6) is 0 Å². The number of hydrogen-bond donors (Lipinski definition) is 2. The lowest BCUT2D eigenvalue weighted by Crippen LogP contribution is -2.13. The summed E-state index contributed by atoms with van der Waals surface area (Å²) in [4.78, 5) is 23.6. The maximum absolute atomic E-state index is 13.3. The summed E-state index contributed by atoms with van der Waals surface area (Å²) in [7, 11) is 1.52. The number of hydrogen-bond acceptors (Lipinski definition) is 3. The maximum atomic E-state index is 13.3. The van der Waals surface area contributed by atoms with Crippen molar-refractivity contribution in [2.24, 2.45) is 0 Å². The van der Waals surface area contributed by atoms with Gasteiger partial charge in [0.25, 0.3) is 0 Å². The van der Waals surface area contributed by atoms with Gasteiger partial charge in [-0.2, -0.15) is 0 Å². The predicted molar refractivity (Wildman–Crippen MR) is 97.5 cm³/mol. The molecule has 0 unspecified atom stereocenters. The minimum Gasteiger partial charge on any atom is -0.380 e. The molecule has 6 heteroatoms. The van der Waals surface area contributed by atoms with Gasteiger partial charge < -0.3 is 15.4 Å². The Bertz CT molecular complexity index is 836. The highest BCUT2D eigenvalue weighted by atomic mass is 19.1. The number of fused-ring (bicyclic) bond motifs is 1. The zero-order chi connectivity index (χ0) is 18.5. The molecule has 1 heterocycles. The van der Waals surface area contributed by atoms with E-state index in [-0.39, 0.29) is 24.2 Å². The van der Waals surface area contributed by atoms with Crippen LogP contribution in [0.2, 0.25) is 0 Å². The smallest absolute Gasteiger partial charge is 0.228 e. The van der Waals surface area contributed by atoms with E-state index in [2.05, 4.69) is 10.6 Å². The van der Waals surface area contributed by atoms with E-state index in [1.807, 2.05) is 18.2 Å². The molecule has 2 amide bonds. The van der Waals surface area contributed by atoms with Crippen molar-refractivity contribution in [3.63, 3.8) is 0 Å². The van der Waals surface area contributed by atoms with Gasteiger partial charge in [0.15, 0.2) is 0 Å². The van der Waals surface area contributed by atoms with Crippen LogP contribution in [0.25, 0.3) is 0 Å². The Labute approximate surface area is 151 Å². The number of carbonyl (C=O) groups is 2. The molecule has 0 fully saturated rings. The van der Waals surface area contributed by atoms with E-state index < -0.39 is 0 Å². The molecule has 0 radical (unpaired) electrons. The Kier molecular flexibility index (Phi) is 5.63. The third-order valence-corrected chi connectivity index (χ3v) is 4.31. The molecule has 26 heavy (non-hydrogen) atoms. The van der Waals surface area contributed by atoms with Crippen LogP contribution in [-0.2, 0) is 33.8 Å². The van der Waals surface area contributed by atoms with Crippen molar-refractivity contribution in [1.82, 2.24) is 0 Å². The summed E-state index contributed by atoms with van der Waals surface area (Å²) >= 11 is 0. The van der Waals surface area contributed by atoms with Crippen LogP contribution in [0.4, 0.5) is 15.8 Å². The number of anilines is 2. The first-order valence-electron chi connectivity index (χ1n) is 8.54. The lowest BCUT2D eigenvalue weighted by Gasteiger charge is -2.11. The summed E-state index contributed by atoms with van der Waals surface area (Å²) in [5.74, 6) is -0.464. The van der Waals surface area contributed by atoms with E-state index >= 15 is 0 Å². The van der Waals surface area contributed by atoms with Crippen LogP contribution in [0.15, 0.2) is 36.4 Å². The molecular formula is C20H21FN2O3. The van der Waals surface area contributed by atoms with Crippen LogP contribution >= 0.6 is 0 Å². The third kappa shape index (κ3) is 4.46. The van der Waals surface area contributed by atoms with E-state index in [1.54, 1.807) is 6.07 Å². The summed E-state index contributed by atoms with van der Waals surface area (Å²) < 4.78 is 18.4. The summed E-state index contributed by atoms with van der Waals surface area (Å²) in [6.07, 6.45) is 2.21. The molecule has 2 N–H and O–H groups in total. The van der Waals surface area contributed by atoms with Crippen LogP contribution in [0.3, 0.4) is 0 Å². The Balaban J connectivity index is 1.52. The molecule has 5 nitrogen and oxygen atoms in total. The molecular weight excluding hydrogens is 335 g/mol. The largest absolute Gasteiger partial charge is 0.380 e. The lowest BCUT2D eigenvalue weighted by atomic mass is 10.0. The predicted octanol–water partition coefficient (Wildman–Crippen LogP) is 3.43. The maximum Gasteiger partial charge on any atom is 0.228 e. The molecule has 1 aliphatic heterocycles. The highest BCUT2D eigenvalue weighted by Gasteiger charge is 2.17. The van der Waals surface area contributed by atoms with Gasteiger partial charge in [0.05, 0.1) is 13.0 Å². The molecule has 3 rings (SSSR count). The number of amides is 2. The second kappa shape index (κ2) is 8.10. The van der Waals surface area contributed by atoms with Gasteiger partial charge in [-0.25, -0.2) is 4.39 Å². The Morgan fingerprint density at radius 3 is 2.92 bits per heavy atom. The van der Waals surface area contributed by atoms with Crippen molar-refractivity contribution < 1.29 is 18.7 Å². The SMILES string of the molecule is COCc1cc(F)ccc1NC(=O)CCCc1ccc2c(c1)CC(=O)N2. The Morgan fingerprint density at radius 1 is 1.27 bits per heavy atom. The van der Waals surface area contributed by atoms with Crippen LogP contribution in [-0.4, -0.2) is 18.9 Å². The molecule has 2 aromatic rings. The minimum absolute atomic E-state index is 0.0164. The zero-order valence-corrected chi connectivity index (χ0v) is 14.6. The number of benzene rings is 2. The number of ether oxygens (including phenoxy) is 1. The Morgan fingerprint density at radius 2 is 2.12 bits per heavy atom. The monoisotopic (exact) mass is 356 g/mol. The molecule has 2 aromatic carbocycles. The lowest BCUT2D eigenvalue weighted by molar-refractivity contribution is -0.116. The van der Waals surface area contributed by atoms with Crippen molar-refractivity contribution in [3.05, 3.63) is 58.9 Å². The van der Waals surface area contributed by atoms with Crippen LogP contribution < -0.4 is 10.6 Å². The summed E-state index contributed by atoms with van der Waals surface area (Å²) in [5, 5.41) is 5.62. The number of nitrogens with one attached hydrogen (secondary N) is 2. The first-order valence-corrected chi connectivity index (χ1v) is 8.54. The average Bonchev–Trinajstić information content (AvgIpc) is 2.97. The number of methoxy groups -OCH3 is 1. The summed E-state index contributed by atoms with van der Waals surface area (Å²) in [5.41, 5.74) is 4.16. The van der Waals surface area contributed by atoms with Gasteiger partial charge in [0, 0.05) is 30.5 Å². The molecule has 0 spiro atoms. The van der Waals surface area contributed by atoms with Gasteiger partial charge in [-0.15, -0.1) is 0 Å². The average molecular weight is 356 g/mol. The van der Waals surface area contributed by atoms with E-state index in [9.17, 15) is 14.0 Å². The molecule has 0 aromatic heterocycles. The first-order chi connectivity index (χ1) is 12.5.